The van der Waals surface area contributed by atoms with Crippen LogP contribution in [0.15, 0.2) is 42.6 Å². The summed E-state index contributed by atoms with van der Waals surface area (Å²) in [6.45, 7) is 2.63. The Morgan fingerprint density at radius 1 is 1.24 bits per heavy atom. The molecule has 2 saturated heterocycles. The van der Waals surface area contributed by atoms with Crippen LogP contribution in [-0.4, -0.2) is 41.4 Å². The van der Waals surface area contributed by atoms with Gasteiger partial charge in [-0.05, 0) is 37.4 Å². The fourth-order valence-corrected chi connectivity index (χ4v) is 3.67. The number of aromatic nitrogens is 2. The largest absolute Gasteiger partial charge is 0.371 e. The highest BCUT2D eigenvalue weighted by Gasteiger charge is 2.31. The Labute approximate surface area is 147 Å². The van der Waals surface area contributed by atoms with Gasteiger partial charge < -0.3 is 15.4 Å². The lowest BCUT2D eigenvalue weighted by molar-refractivity contribution is 0.0817. The first-order valence-corrected chi connectivity index (χ1v) is 9.04. The van der Waals surface area contributed by atoms with Crippen molar-refractivity contribution >= 4 is 5.91 Å². The van der Waals surface area contributed by atoms with E-state index in [1.54, 1.807) is 6.07 Å². The second kappa shape index (κ2) is 7.37. The van der Waals surface area contributed by atoms with Gasteiger partial charge >= 0.3 is 0 Å². The van der Waals surface area contributed by atoms with Crippen molar-refractivity contribution in [2.75, 3.05) is 19.7 Å². The second-order valence-electron chi connectivity index (χ2n) is 6.75. The third-order valence-corrected chi connectivity index (χ3v) is 5.02. The maximum atomic E-state index is 12.6. The molecule has 6 nitrogen and oxygen atoms in total. The van der Waals surface area contributed by atoms with E-state index in [9.17, 15) is 4.79 Å². The number of carbonyl (C=O) groups excluding carboxylic acids is 1. The van der Waals surface area contributed by atoms with Crippen LogP contribution in [0.5, 0.6) is 0 Å². The summed E-state index contributed by atoms with van der Waals surface area (Å²) in [6.07, 6.45) is 4.88. The first-order chi connectivity index (χ1) is 12.3. The van der Waals surface area contributed by atoms with Gasteiger partial charge in [-0.1, -0.05) is 30.3 Å². The van der Waals surface area contributed by atoms with Crippen molar-refractivity contribution in [2.24, 2.45) is 0 Å². The number of nitrogens with one attached hydrogen (secondary N) is 2. The highest BCUT2D eigenvalue weighted by molar-refractivity contribution is 5.92. The molecule has 25 heavy (non-hydrogen) atoms. The smallest absolute Gasteiger partial charge is 0.272 e. The SMILES string of the molecule is O=C(NC1CCOC1c1ccccc1)c1ccn(C2CCCNC2)n1. The molecular weight excluding hydrogens is 316 g/mol. The molecule has 2 fully saturated rings. The van der Waals surface area contributed by atoms with Crippen molar-refractivity contribution in [3.63, 3.8) is 0 Å². The maximum Gasteiger partial charge on any atom is 0.272 e. The van der Waals surface area contributed by atoms with Crippen LogP contribution in [0, 0.1) is 0 Å². The number of benzene rings is 1. The first-order valence-electron chi connectivity index (χ1n) is 9.04. The van der Waals surface area contributed by atoms with Crippen molar-refractivity contribution in [1.82, 2.24) is 20.4 Å². The Kier molecular flexibility index (Phi) is 4.81. The lowest BCUT2D eigenvalue weighted by Crippen LogP contribution is -2.37. The van der Waals surface area contributed by atoms with E-state index in [-0.39, 0.29) is 18.1 Å². The number of hydrogen-bond donors (Lipinski definition) is 2. The van der Waals surface area contributed by atoms with E-state index in [1.807, 2.05) is 41.2 Å². The van der Waals surface area contributed by atoms with Crippen LogP contribution in [0.25, 0.3) is 0 Å². The third-order valence-electron chi connectivity index (χ3n) is 5.02. The second-order valence-corrected chi connectivity index (χ2v) is 6.75. The Hall–Kier alpha value is -2.18. The van der Waals surface area contributed by atoms with Gasteiger partial charge in [-0.15, -0.1) is 0 Å². The van der Waals surface area contributed by atoms with Gasteiger partial charge in [-0.25, -0.2) is 0 Å². The van der Waals surface area contributed by atoms with Crippen LogP contribution < -0.4 is 10.6 Å². The Morgan fingerprint density at radius 3 is 2.92 bits per heavy atom. The summed E-state index contributed by atoms with van der Waals surface area (Å²) >= 11 is 0. The summed E-state index contributed by atoms with van der Waals surface area (Å²) in [5.41, 5.74) is 1.58. The molecule has 3 atom stereocenters. The quantitative estimate of drug-likeness (QED) is 0.894. The Balaban J connectivity index is 1.42. The average Bonchev–Trinajstić information content (AvgIpc) is 3.33. The number of piperidine rings is 1. The fraction of sp³-hybridized carbons (Fsp3) is 0.474. The van der Waals surface area contributed by atoms with Gasteiger partial charge in [0.15, 0.2) is 0 Å². The monoisotopic (exact) mass is 340 g/mol. The summed E-state index contributed by atoms with van der Waals surface area (Å²) in [4.78, 5) is 12.6. The summed E-state index contributed by atoms with van der Waals surface area (Å²) in [7, 11) is 0. The van der Waals surface area contributed by atoms with Gasteiger partial charge in [-0.3, -0.25) is 9.48 Å². The molecule has 2 aliphatic rings. The standard InChI is InChI=1S/C19H24N4O2/c24-19(17-8-11-23(22-17)15-7-4-10-20-13-15)21-16-9-12-25-18(16)14-5-2-1-3-6-14/h1-3,5-6,8,11,15-16,18,20H,4,7,9-10,12-13H2,(H,21,24). The maximum absolute atomic E-state index is 12.6. The molecule has 0 spiro atoms. The third kappa shape index (κ3) is 3.60. The molecule has 2 aromatic rings. The zero-order valence-electron chi connectivity index (χ0n) is 14.2. The van der Waals surface area contributed by atoms with E-state index in [2.05, 4.69) is 15.7 Å². The van der Waals surface area contributed by atoms with E-state index in [0.29, 0.717) is 18.3 Å². The van der Waals surface area contributed by atoms with Crippen LogP contribution in [-0.2, 0) is 4.74 Å². The molecule has 1 amide bonds. The summed E-state index contributed by atoms with van der Waals surface area (Å²) < 4.78 is 7.76. The van der Waals surface area contributed by atoms with Crippen LogP contribution >= 0.6 is 0 Å². The number of hydrogen-bond acceptors (Lipinski definition) is 4. The van der Waals surface area contributed by atoms with Crippen LogP contribution in [0.4, 0.5) is 0 Å². The predicted octanol–water partition coefficient (Wildman–Crippen LogP) is 2.07. The highest BCUT2D eigenvalue weighted by atomic mass is 16.5. The minimum Gasteiger partial charge on any atom is -0.371 e. The number of carbonyl (C=O) groups is 1. The van der Waals surface area contributed by atoms with Crippen LogP contribution in [0.1, 0.15) is 47.5 Å². The molecule has 4 rings (SSSR count). The van der Waals surface area contributed by atoms with Gasteiger partial charge in [0, 0.05) is 19.3 Å². The normalized spacial score (nSPS) is 26.5. The predicted molar refractivity (Wildman–Crippen MR) is 94.4 cm³/mol. The molecule has 2 N–H and O–H groups in total. The molecule has 3 unspecified atom stereocenters. The summed E-state index contributed by atoms with van der Waals surface area (Å²) in [5, 5.41) is 11.0. The average molecular weight is 340 g/mol. The van der Waals surface area contributed by atoms with E-state index >= 15 is 0 Å². The van der Waals surface area contributed by atoms with Gasteiger partial charge in [0.25, 0.3) is 5.91 Å². The van der Waals surface area contributed by atoms with Gasteiger partial charge in [-0.2, -0.15) is 5.10 Å². The molecule has 0 radical (unpaired) electrons. The van der Waals surface area contributed by atoms with Crippen molar-refractivity contribution in [3.8, 4) is 0 Å². The molecule has 0 bridgehead atoms. The molecule has 1 aromatic heterocycles. The highest BCUT2D eigenvalue weighted by Crippen LogP contribution is 2.29. The minimum atomic E-state index is -0.126. The van der Waals surface area contributed by atoms with Crippen molar-refractivity contribution < 1.29 is 9.53 Å². The summed E-state index contributed by atoms with van der Waals surface area (Å²) in [6, 6.07) is 12.2. The van der Waals surface area contributed by atoms with Crippen molar-refractivity contribution in [1.29, 1.82) is 0 Å². The molecule has 6 heteroatoms. The Bertz CT molecular complexity index is 709. The molecular formula is C19H24N4O2. The molecule has 0 aliphatic carbocycles. The zero-order chi connectivity index (χ0) is 17.1. The minimum absolute atomic E-state index is 0.0172. The van der Waals surface area contributed by atoms with E-state index in [0.717, 1.165) is 37.9 Å². The number of nitrogens with zero attached hydrogens (tertiary/aromatic N) is 2. The number of ether oxygens (including phenoxy) is 1. The number of amides is 1. The molecule has 2 aliphatic heterocycles. The van der Waals surface area contributed by atoms with Gasteiger partial charge in [0.2, 0.25) is 0 Å². The van der Waals surface area contributed by atoms with Crippen molar-refractivity contribution in [3.05, 3.63) is 53.9 Å². The summed E-state index contributed by atoms with van der Waals surface area (Å²) in [5.74, 6) is -0.126. The topological polar surface area (TPSA) is 68.2 Å². The fourth-order valence-electron chi connectivity index (χ4n) is 3.67. The molecule has 132 valence electrons. The molecule has 3 heterocycles. The van der Waals surface area contributed by atoms with E-state index < -0.39 is 0 Å². The zero-order valence-corrected chi connectivity index (χ0v) is 14.2. The lowest BCUT2D eigenvalue weighted by atomic mass is 10.0. The van der Waals surface area contributed by atoms with Crippen LogP contribution in [0.2, 0.25) is 0 Å². The van der Waals surface area contributed by atoms with E-state index in [1.165, 1.54) is 0 Å². The van der Waals surface area contributed by atoms with Gasteiger partial charge in [0.1, 0.15) is 11.8 Å². The molecule has 0 saturated carbocycles. The molecule has 1 aromatic carbocycles. The van der Waals surface area contributed by atoms with Crippen LogP contribution in [0.3, 0.4) is 0 Å². The lowest BCUT2D eigenvalue weighted by Gasteiger charge is -2.23. The first kappa shape index (κ1) is 16.3. The number of rotatable bonds is 4. The Morgan fingerprint density at radius 2 is 2.12 bits per heavy atom. The van der Waals surface area contributed by atoms with Gasteiger partial charge in [0.05, 0.1) is 12.1 Å². The van der Waals surface area contributed by atoms with E-state index in [4.69, 9.17) is 4.74 Å². The van der Waals surface area contributed by atoms with Crippen molar-refractivity contribution in [2.45, 2.75) is 37.5 Å².